The Balaban J connectivity index is 1.51. The number of Topliss-reactive ketones (excluding diaryl/α,β-unsaturated/α-hetero) is 1. The fourth-order valence-electron chi connectivity index (χ4n) is 5.78. The van der Waals surface area contributed by atoms with Crippen molar-refractivity contribution in [1.29, 1.82) is 0 Å². The van der Waals surface area contributed by atoms with Crippen molar-refractivity contribution in [2.24, 2.45) is 11.8 Å². The minimum absolute atomic E-state index is 0.107. The van der Waals surface area contributed by atoms with Crippen LogP contribution in [0.15, 0.2) is 109 Å². The molecule has 0 aliphatic carbocycles. The first kappa shape index (κ1) is 34.1. The average molecular weight is 646 g/mol. The number of ether oxygens (including phenoxy) is 1. The summed E-state index contributed by atoms with van der Waals surface area (Å²) < 4.78 is 6.20. The SMILES string of the molecule is CC(C)CNC(=O)[C@@H]1Cc2cccc(c2)Oc2cccc(c2)C[C@H](NC(=O)c2ccccc2)C(=O)C[C@@H](CCc2ccccc2)C(=O)N1. The van der Waals surface area contributed by atoms with Crippen LogP contribution >= 0.6 is 0 Å². The normalized spacial score (nSPS) is 18.4. The van der Waals surface area contributed by atoms with E-state index in [2.05, 4.69) is 16.0 Å². The van der Waals surface area contributed by atoms with Crippen molar-refractivity contribution >= 4 is 23.5 Å². The van der Waals surface area contributed by atoms with Gasteiger partial charge in [-0.2, -0.15) is 0 Å². The Morgan fingerprint density at radius 3 is 2.06 bits per heavy atom. The van der Waals surface area contributed by atoms with E-state index in [-0.39, 0.29) is 48.7 Å². The molecule has 5 rings (SSSR count). The Labute approximate surface area is 282 Å². The zero-order valence-electron chi connectivity index (χ0n) is 27.5. The maximum atomic E-state index is 14.2. The highest BCUT2D eigenvalue weighted by atomic mass is 16.5. The summed E-state index contributed by atoms with van der Waals surface area (Å²) >= 11 is 0. The maximum absolute atomic E-state index is 14.2. The van der Waals surface area contributed by atoms with Gasteiger partial charge in [0.2, 0.25) is 11.8 Å². The van der Waals surface area contributed by atoms with E-state index in [1.54, 1.807) is 24.3 Å². The molecule has 4 aromatic rings. The molecule has 0 saturated heterocycles. The Kier molecular flexibility index (Phi) is 11.8. The van der Waals surface area contributed by atoms with Gasteiger partial charge in [-0.05, 0) is 78.3 Å². The number of hydrogen-bond acceptors (Lipinski definition) is 5. The van der Waals surface area contributed by atoms with Crippen LogP contribution in [0.4, 0.5) is 0 Å². The molecule has 1 aliphatic rings. The molecular weight excluding hydrogens is 602 g/mol. The fourth-order valence-corrected chi connectivity index (χ4v) is 5.78. The van der Waals surface area contributed by atoms with E-state index in [4.69, 9.17) is 4.74 Å². The van der Waals surface area contributed by atoms with E-state index >= 15 is 0 Å². The summed E-state index contributed by atoms with van der Waals surface area (Å²) in [6, 6.07) is 31.7. The van der Waals surface area contributed by atoms with E-state index in [1.807, 2.05) is 98.8 Å². The van der Waals surface area contributed by atoms with Gasteiger partial charge in [0, 0.05) is 30.9 Å². The van der Waals surface area contributed by atoms with Crippen LogP contribution in [0.2, 0.25) is 0 Å². The number of rotatable bonds is 8. The van der Waals surface area contributed by atoms with E-state index in [0.29, 0.717) is 36.4 Å². The first-order valence-corrected chi connectivity index (χ1v) is 16.6. The van der Waals surface area contributed by atoms with Gasteiger partial charge < -0.3 is 20.7 Å². The Hall–Kier alpha value is -5.24. The molecule has 48 heavy (non-hydrogen) atoms. The van der Waals surface area contributed by atoms with Crippen LogP contribution < -0.4 is 20.7 Å². The monoisotopic (exact) mass is 645 g/mol. The second-order valence-corrected chi connectivity index (χ2v) is 12.8. The van der Waals surface area contributed by atoms with Gasteiger partial charge in [0.15, 0.2) is 5.78 Å². The number of nitrogens with one attached hydrogen (secondary N) is 3. The number of aryl methyl sites for hydroxylation is 1. The van der Waals surface area contributed by atoms with Gasteiger partial charge >= 0.3 is 0 Å². The summed E-state index contributed by atoms with van der Waals surface area (Å²) in [6.07, 6.45) is 1.30. The van der Waals surface area contributed by atoms with Crippen molar-refractivity contribution in [1.82, 2.24) is 16.0 Å². The summed E-state index contributed by atoms with van der Waals surface area (Å²) in [6.45, 7) is 4.47. The molecular formula is C40H43N3O5. The first-order valence-electron chi connectivity index (χ1n) is 16.6. The van der Waals surface area contributed by atoms with Crippen molar-refractivity contribution in [3.05, 3.63) is 131 Å². The van der Waals surface area contributed by atoms with Gasteiger partial charge in [0.25, 0.3) is 5.91 Å². The van der Waals surface area contributed by atoms with E-state index < -0.39 is 18.0 Å². The molecule has 8 heteroatoms. The number of fused-ring (bicyclic) bond motifs is 4. The third-order valence-corrected chi connectivity index (χ3v) is 8.40. The lowest BCUT2D eigenvalue weighted by Gasteiger charge is -2.25. The number of ketones is 1. The number of benzene rings is 4. The van der Waals surface area contributed by atoms with E-state index in [9.17, 15) is 19.2 Å². The van der Waals surface area contributed by atoms with Gasteiger partial charge in [-0.3, -0.25) is 19.2 Å². The first-order chi connectivity index (χ1) is 23.2. The van der Waals surface area contributed by atoms with Gasteiger partial charge in [-0.1, -0.05) is 86.6 Å². The predicted molar refractivity (Wildman–Crippen MR) is 186 cm³/mol. The molecule has 3 amide bonds. The standard InChI is InChI=1S/C40H43N3O5/c1-27(2)26-41-40(47)36-24-30-14-10-18-34(22-30)48-33-17-9-13-29(21-33)23-35(42-38(45)31-15-7-4-8-16-31)37(44)25-32(39(46)43-36)20-19-28-11-5-3-6-12-28/h3-18,21-22,27,32,35-36H,19-20,23-26H2,1-2H3,(H,41,47)(H,42,45)(H,43,46)/t32-,35+,36+/m1/s1. The van der Waals surface area contributed by atoms with Gasteiger partial charge in [-0.25, -0.2) is 0 Å². The highest BCUT2D eigenvalue weighted by Gasteiger charge is 2.31. The van der Waals surface area contributed by atoms with E-state index in [0.717, 1.165) is 16.7 Å². The average Bonchev–Trinajstić information content (AvgIpc) is 3.09. The second-order valence-electron chi connectivity index (χ2n) is 12.8. The molecule has 4 aromatic carbocycles. The van der Waals surface area contributed by atoms with Crippen LogP contribution in [0, 0.1) is 11.8 Å². The smallest absolute Gasteiger partial charge is 0.251 e. The van der Waals surface area contributed by atoms with Crippen molar-refractivity contribution in [3.63, 3.8) is 0 Å². The number of hydrogen-bond donors (Lipinski definition) is 3. The maximum Gasteiger partial charge on any atom is 0.251 e. The van der Waals surface area contributed by atoms with Gasteiger partial charge in [0.05, 0.1) is 6.04 Å². The quantitative estimate of drug-likeness (QED) is 0.223. The molecule has 0 saturated carbocycles. The molecule has 4 bridgehead atoms. The fraction of sp³-hybridized carbons (Fsp3) is 0.300. The van der Waals surface area contributed by atoms with Crippen LogP contribution in [-0.4, -0.2) is 42.1 Å². The minimum atomic E-state index is -0.902. The third kappa shape index (κ3) is 9.88. The zero-order valence-corrected chi connectivity index (χ0v) is 27.5. The van der Waals surface area contributed by atoms with Crippen LogP contribution in [-0.2, 0) is 33.6 Å². The lowest BCUT2D eigenvalue weighted by Crippen LogP contribution is -2.51. The Morgan fingerprint density at radius 2 is 1.42 bits per heavy atom. The molecule has 0 spiro atoms. The molecule has 0 fully saturated rings. The van der Waals surface area contributed by atoms with Crippen molar-refractivity contribution in [3.8, 4) is 11.5 Å². The Morgan fingerprint density at radius 1 is 0.792 bits per heavy atom. The minimum Gasteiger partial charge on any atom is -0.457 e. The topological polar surface area (TPSA) is 114 Å². The lowest BCUT2D eigenvalue weighted by molar-refractivity contribution is -0.133. The molecule has 0 radical (unpaired) electrons. The second kappa shape index (κ2) is 16.5. The van der Waals surface area contributed by atoms with Crippen LogP contribution in [0.25, 0.3) is 0 Å². The highest BCUT2D eigenvalue weighted by Crippen LogP contribution is 2.26. The summed E-state index contributed by atoms with van der Waals surface area (Å²) in [4.78, 5) is 55.0. The summed E-state index contributed by atoms with van der Waals surface area (Å²) in [5.41, 5.74) is 3.10. The molecule has 1 heterocycles. The molecule has 8 nitrogen and oxygen atoms in total. The van der Waals surface area contributed by atoms with Crippen molar-refractivity contribution in [2.75, 3.05) is 6.54 Å². The molecule has 0 unspecified atom stereocenters. The van der Waals surface area contributed by atoms with Crippen molar-refractivity contribution in [2.45, 2.75) is 58.0 Å². The van der Waals surface area contributed by atoms with Gasteiger partial charge in [-0.15, -0.1) is 0 Å². The lowest BCUT2D eigenvalue weighted by atomic mass is 9.89. The van der Waals surface area contributed by atoms with Gasteiger partial charge in [0.1, 0.15) is 17.5 Å². The number of carbonyl (C=O) groups is 4. The zero-order chi connectivity index (χ0) is 33.9. The molecule has 3 N–H and O–H groups in total. The summed E-state index contributed by atoms with van der Waals surface area (Å²) in [5, 5.41) is 8.90. The third-order valence-electron chi connectivity index (χ3n) is 8.40. The van der Waals surface area contributed by atoms with Crippen LogP contribution in [0.5, 0.6) is 11.5 Å². The number of amides is 3. The molecule has 3 atom stereocenters. The summed E-state index contributed by atoms with van der Waals surface area (Å²) in [7, 11) is 0. The summed E-state index contributed by atoms with van der Waals surface area (Å²) in [5.74, 6) is -0.660. The van der Waals surface area contributed by atoms with E-state index in [1.165, 1.54) is 0 Å². The molecule has 248 valence electrons. The van der Waals surface area contributed by atoms with Crippen LogP contribution in [0.3, 0.4) is 0 Å². The largest absolute Gasteiger partial charge is 0.457 e. The Bertz CT molecular complexity index is 1710. The highest BCUT2D eigenvalue weighted by molar-refractivity contribution is 5.99. The van der Waals surface area contributed by atoms with Crippen molar-refractivity contribution < 1.29 is 23.9 Å². The van der Waals surface area contributed by atoms with Crippen LogP contribution in [0.1, 0.15) is 53.7 Å². The molecule has 1 aliphatic heterocycles. The number of carbonyl (C=O) groups excluding carboxylic acids is 4. The molecule has 0 aromatic heterocycles. The predicted octanol–water partition coefficient (Wildman–Crippen LogP) is 5.84.